The first kappa shape index (κ1) is 19.8. The lowest BCUT2D eigenvalue weighted by molar-refractivity contribution is -0.112. The highest BCUT2D eigenvalue weighted by atomic mass is 19.1. The Morgan fingerprint density at radius 3 is 2.63 bits per heavy atom. The Morgan fingerprint density at radius 1 is 1.33 bits per heavy atom. The van der Waals surface area contributed by atoms with Crippen LogP contribution in [0.5, 0.6) is 0 Å². The van der Waals surface area contributed by atoms with Gasteiger partial charge < -0.3 is 15.0 Å². The van der Waals surface area contributed by atoms with E-state index in [2.05, 4.69) is 10.3 Å². The van der Waals surface area contributed by atoms with Crippen LogP contribution in [-0.2, 0) is 9.53 Å². The van der Waals surface area contributed by atoms with Crippen molar-refractivity contribution in [2.75, 3.05) is 11.9 Å². The molecule has 2 aromatic rings. The van der Waals surface area contributed by atoms with Crippen molar-refractivity contribution in [3.8, 4) is 6.07 Å². The van der Waals surface area contributed by atoms with Crippen molar-refractivity contribution in [3.63, 3.8) is 0 Å². The lowest BCUT2D eigenvalue weighted by Gasteiger charge is -2.05. The van der Waals surface area contributed by atoms with E-state index in [4.69, 9.17) is 4.74 Å². The van der Waals surface area contributed by atoms with Crippen LogP contribution in [0.15, 0.2) is 23.8 Å². The number of halogens is 2. The highest BCUT2D eigenvalue weighted by Crippen LogP contribution is 2.22. The molecule has 0 radical (unpaired) electrons. The summed E-state index contributed by atoms with van der Waals surface area (Å²) in [5.41, 5.74) is 1.17. The topological polar surface area (TPSA) is 95.0 Å². The van der Waals surface area contributed by atoms with Crippen LogP contribution < -0.4 is 5.32 Å². The summed E-state index contributed by atoms with van der Waals surface area (Å²) >= 11 is 0. The van der Waals surface area contributed by atoms with Crippen LogP contribution in [0, 0.1) is 36.8 Å². The van der Waals surface area contributed by atoms with Crippen LogP contribution in [0.3, 0.4) is 0 Å². The molecule has 1 aromatic heterocycles. The molecule has 1 heterocycles. The fraction of sp³-hybridized carbons (Fsp3) is 0.211. The molecule has 27 heavy (non-hydrogen) atoms. The molecule has 1 amide bonds. The molecule has 0 unspecified atom stereocenters. The first-order chi connectivity index (χ1) is 12.8. The van der Waals surface area contributed by atoms with Gasteiger partial charge in [-0.15, -0.1) is 0 Å². The van der Waals surface area contributed by atoms with Crippen molar-refractivity contribution < 1.29 is 23.1 Å². The minimum Gasteiger partial charge on any atom is -0.462 e. The molecule has 0 aliphatic rings. The number of anilines is 1. The van der Waals surface area contributed by atoms with Gasteiger partial charge in [0.1, 0.15) is 23.3 Å². The number of carbonyl (C=O) groups is 2. The van der Waals surface area contributed by atoms with Gasteiger partial charge in [-0.25, -0.2) is 13.6 Å². The molecular formula is C19H17F2N3O3. The summed E-state index contributed by atoms with van der Waals surface area (Å²) in [5.74, 6) is -3.13. The molecule has 6 nitrogen and oxygen atoms in total. The standard InChI is InChI=1S/C19H17F2N3O3/c1-4-27-19(26)17-10(2)16(23-11(17)3)7-12(9-22)18(25)24-15-6-5-13(20)8-14(15)21/h5-8,23H,4H2,1-3H3,(H,24,25)/b12-7+. The number of nitrogens with one attached hydrogen (secondary N) is 2. The van der Waals surface area contributed by atoms with Crippen LogP contribution in [0.25, 0.3) is 6.08 Å². The van der Waals surface area contributed by atoms with Crippen molar-refractivity contribution in [2.45, 2.75) is 20.8 Å². The van der Waals surface area contributed by atoms with Gasteiger partial charge in [-0.1, -0.05) is 0 Å². The summed E-state index contributed by atoms with van der Waals surface area (Å²) < 4.78 is 31.6. The Hall–Kier alpha value is -3.47. The van der Waals surface area contributed by atoms with Crippen molar-refractivity contribution >= 4 is 23.6 Å². The summed E-state index contributed by atoms with van der Waals surface area (Å²) in [6.07, 6.45) is 1.25. The van der Waals surface area contributed by atoms with E-state index in [0.717, 1.165) is 12.1 Å². The third-order valence-electron chi connectivity index (χ3n) is 3.79. The minimum atomic E-state index is -0.961. The van der Waals surface area contributed by atoms with Crippen LogP contribution in [0.4, 0.5) is 14.5 Å². The third kappa shape index (κ3) is 4.39. The SMILES string of the molecule is CCOC(=O)c1c(C)[nH]c(/C=C(\C#N)C(=O)Nc2ccc(F)cc2F)c1C. The molecule has 0 atom stereocenters. The van der Waals surface area contributed by atoms with E-state index in [1.807, 2.05) is 0 Å². The first-order valence-corrected chi connectivity index (χ1v) is 8.03. The van der Waals surface area contributed by atoms with Crippen LogP contribution >= 0.6 is 0 Å². The number of amides is 1. The van der Waals surface area contributed by atoms with Gasteiger partial charge in [0.05, 0.1) is 17.9 Å². The Bertz CT molecular complexity index is 971. The number of esters is 1. The van der Waals surface area contributed by atoms with Crippen molar-refractivity contribution in [3.05, 3.63) is 57.9 Å². The quantitative estimate of drug-likeness (QED) is 0.475. The number of nitrogens with zero attached hydrogens (tertiary/aromatic N) is 1. The van der Waals surface area contributed by atoms with Gasteiger partial charge in [0.15, 0.2) is 0 Å². The number of benzene rings is 1. The molecule has 0 spiro atoms. The van der Waals surface area contributed by atoms with Gasteiger partial charge in [-0.2, -0.15) is 5.26 Å². The maximum Gasteiger partial charge on any atom is 0.340 e. The molecule has 0 bridgehead atoms. The molecule has 1 aromatic carbocycles. The predicted molar refractivity (Wildman–Crippen MR) is 94.8 cm³/mol. The van der Waals surface area contributed by atoms with Gasteiger partial charge in [0.25, 0.3) is 5.91 Å². The maximum atomic E-state index is 13.7. The smallest absolute Gasteiger partial charge is 0.340 e. The summed E-state index contributed by atoms with van der Waals surface area (Å²) in [5, 5.41) is 11.5. The Labute approximate surface area is 154 Å². The lowest BCUT2D eigenvalue weighted by Crippen LogP contribution is -2.14. The highest BCUT2D eigenvalue weighted by Gasteiger charge is 2.20. The van der Waals surface area contributed by atoms with Crippen molar-refractivity contribution in [1.29, 1.82) is 5.26 Å². The van der Waals surface area contributed by atoms with Crippen LogP contribution in [0.1, 0.15) is 34.2 Å². The third-order valence-corrected chi connectivity index (χ3v) is 3.79. The number of aromatic nitrogens is 1. The molecule has 8 heteroatoms. The average Bonchev–Trinajstić information content (AvgIpc) is 2.88. The molecule has 0 aliphatic carbocycles. The molecule has 2 N–H and O–H groups in total. The zero-order valence-electron chi connectivity index (χ0n) is 14.9. The number of nitriles is 1. The molecule has 0 fully saturated rings. The molecule has 0 aliphatic heterocycles. The fourth-order valence-corrected chi connectivity index (χ4v) is 2.50. The molecule has 0 saturated heterocycles. The summed E-state index contributed by atoms with van der Waals surface area (Å²) in [7, 11) is 0. The fourth-order valence-electron chi connectivity index (χ4n) is 2.50. The molecular weight excluding hydrogens is 356 g/mol. The molecule has 0 saturated carbocycles. The lowest BCUT2D eigenvalue weighted by atomic mass is 10.1. The number of hydrogen-bond donors (Lipinski definition) is 2. The van der Waals surface area contributed by atoms with E-state index >= 15 is 0 Å². The summed E-state index contributed by atoms with van der Waals surface area (Å²) in [6, 6.07) is 4.39. The number of H-pyrrole nitrogens is 1. The summed E-state index contributed by atoms with van der Waals surface area (Å²) in [6.45, 7) is 5.20. The Kier molecular flexibility index (Phi) is 6.08. The number of aryl methyl sites for hydroxylation is 1. The van der Waals surface area contributed by atoms with Gasteiger partial charge in [0, 0.05) is 17.5 Å². The zero-order valence-corrected chi connectivity index (χ0v) is 14.9. The van der Waals surface area contributed by atoms with Gasteiger partial charge in [-0.3, -0.25) is 4.79 Å². The van der Waals surface area contributed by atoms with E-state index < -0.39 is 23.5 Å². The zero-order chi connectivity index (χ0) is 20.1. The van der Waals surface area contributed by atoms with Gasteiger partial charge in [-0.05, 0) is 44.5 Å². The van der Waals surface area contributed by atoms with Crippen molar-refractivity contribution in [1.82, 2.24) is 4.98 Å². The molecule has 140 valence electrons. The second-order valence-electron chi connectivity index (χ2n) is 5.63. The van der Waals surface area contributed by atoms with E-state index in [9.17, 15) is 23.6 Å². The highest BCUT2D eigenvalue weighted by molar-refractivity contribution is 6.10. The minimum absolute atomic E-state index is 0.211. The first-order valence-electron chi connectivity index (χ1n) is 8.03. The van der Waals surface area contributed by atoms with Gasteiger partial charge in [0.2, 0.25) is 0 Å². The second kappa shape index (κ2) is 8.27. The molecule has 2 rings (SSSR count). The van der Waals surface area contributed by atoms with E-state index in [0.29, 0.717) is 28.6 Å². The summed E-state index contributed by atoms with van der Waals surface area (Å²) in [4.78, 5) is 27.2. The second-order valence-corrected chi connectivity index (χ2v) is 5.63. The van der Waals surface area contributed by atoms with Crippen LogP contribution in [0.2, 0.25) is 0 Å². The van der Waals surface area contributed by atoms with Gasteiger partial charge >= 0.3 is 5.97 Å². The Balaban J connectivity index is 2.33. The largest absolute Gasteiger partial charge is 0.462 e. The number of hydrogen-bond acceptors (Lipinski definition) is 4. The van der Waals surface area contributed by atoms with Crippen molar-refractivity contribution in [2.24, 2.45) is 0 Å². The number of rotatable bonds is 5. The predicted octanol–water partition coefficient (Wildman–Crippen LogP) is 3.63. The van der Waals surface area contributed by atoms with E-state index in [1.165, 1.54) is 6.08 Å². The number of carbonyl (C=O) groups excluding carboxylic acids is 2. The van der Waals surface area contributed by atoms with E-state index in [-0.39, 0.29) is 17.9 Å². The normalized spacial score (nSPS) is 11.0. The average molecular weight is 373 g/mol. The van der Waals surface area contributed by atoms with E-state index in [1.54, 1.807) is 26.8 Å². The van der Waals surface area contributed by atoms with Crippen LogP contribution in [-0.4, -0.2) is 23.5 Å². The number of aromatic amines is 1. The maximum absolute atomic E-state index is 13.7. The number of ether oxygens (including phenoxy) is 1. The monoisotopic (exact) mass is 373 g/mol. The Morgan fingerprint density at radius 2 is 2.04 bits per heavy atom.